The molecule has 33 heavy (non-hydrogen) atoms. The van der Waals surface area contributed by atoms with Crippen LogP contribution in [0.2, 0.25) is 5.02 Å². The van der Waals surface area contributed by atoms with Gasteiger partial charge in [0, 0.05) is 32.2 Å². The molecule has 1 N–H and O–H groups in total. The van der Waals surface area contributed by atoms with Gasteiger partial charge in [0.25, 0.3) is 5.91 Å². The highest BCUT2D eigenvalue weighted by Gasteiger charge is 2.31. The second kappa shape index (κ2) is 10.0. The van der Waals surface area contributed by atoms with Crippen LogP contribution in [-0.2, 0) is 17.9 Å². The number of rotatable bonds is 7. The quantitative estimate of drug-likeness (QED) is 0.528. The Morgan fingerprint density at radius 3 is 2.76 bits per heavy atom. The predicted molar refractivity (Wildman–Crippen MR) is 120 cm³/mol. The molecule has 172 valence electrons. The summed E-state index contributed by atoms with van der Waals surface area (Å²) in [6.07, 6.45) is 0.491. The number of aliphatic hydroxyl groups is 1. The molecule has 1 aliphatic heterocycles. The summed E-state index contributed by atoms with van der Waals surface area (Å²) in [6, 6.07) is 12.1. The summed E-state index contributed by atoms with van der Waals surface area (Å²) in [5.74, 6) is 0.605. The van der Waals surface area contributed by atoms with E-state index in [0.717, 1.165) is 5.56 Å². The minimum absolute atomic E-state index is 0.0236. The average molecular weight is 471 g/mol. The number of halogens is 1. The number of ether oxygens (including phenoxy) is 1. The maximum Gasteiger partial charge on any atom is 0.260 e. The highest BCUT2D eigenvalue weighted by Crippen LogP contribution is 2.30. The van der Waals surface area contributed by atoms with Crippen molar-refractivity contribution < 1.29 is 23.8 Å². The van der Waals surface area contributed by atoms with Crippen LogP contribution in [0.15, 0.2) is 46.9 Å². The van der Waals surface area contributed by atoms with Crippen LogP contribution < -0.4 is 9.64 Å². The van der Waals surface area contributed by atoms with Gasteiger partial charge in [0.1, 0.15) is 12.3 Å². The molecule has 1 aromatic heterocycles. The Morgan fingerprint density at radius 2 is 2.03 bits per heavy atom. The van der Waals surface area contributed by atoms with Crippen molar-refractivity contribution >= 4 is 29.1 Å². The summed E-state index contributed by atoms with van der Waals surface area (Å²) in [5.41, 5.74) is 1.71. The number of benzene rings is 2. The van der Waals surface area contributed by atoms with Crippen molar-refractivity contribution in [3.63, 3.8) is 0 Å². The Balaban J connectivity index is 1.60. The van der Waals surface area contributed by atoms with Crippen LogP contribution in [-0.4, -0.2) is 51.8 Å². The Morgan fingerprint density at radius 1 is 1.21 bits per heavy atom. The van der Waals surface area contributed by atoms with E-state index >= 15 is 0 Å². The Labute approximate surface area is 195 Å². The van der Waals surface area contributed by atoms with E-state index in [9.17, 15) is 9.59 Å². The predicted octanol–water partition coefficient (Wildman–Crippen LogP) is 2.98. The molecular weight excluding hydrogens is 448 g/mol. The summed E-state index contributed by atoms with van der Waals surface area (Å²) in [4.78, 5) is 29.6. The van der Waals surface area contributed by atoms with Crippen LogP contribution in [0.4, 0.5) is 5.69 Å². The van der Waals surface area contributed by atoms with Crippen molar-refractivity contribution in [3.05, 3.63) is 70.4 Å². The lowest BCUT2D eigenvalue weighted by atomic mass is 10.1. The van der Waals surface area contributed by atoms with E-state index in [2.05, 4.69) is 10.2 Å². The van der Waals surface area contributed by atoms with Crippen LogP contribution >= 0.6 is 11.6 Å². The van der Waals surface area contributed by atoms with Crippen LogP contribution in [0.5, 0.6) is 5.75 Å². The molecule has 1 aliphatic rings. The molecule has 2 amide bonds. The molecule has 0 saturated heterocycles. The number of aromatic nitrogens is 2. The largest absolute Gasteiger partial charge is 0.493 e. The zero-order valence-corrected chi connectivity index (χ0v) is 18.8. The Kier molecular flexibility index (Phi) is 6.90. The van der Waals surface area contributed by atoms with Gasteiger partial charge in [-0.15, -0.1) is 10.2 Å². The van der Waals surface area contributed by atoms with Gasteiger partial charge in [-0.3, -0.25) is 14.5 Å². The third kappa shape index (κ3) is 5.15. The van der Waals surface area contributed by atoms with Gasteiger partial charge in [-0.1, -0.05) is 29.8 Å². The first-order valence-electron chi connectivity index (χ1n) is 10.5. The van der Waals surface area contributed by atoms with Crippen LogP contribution in [0.3, 0.4) is 0 Å². The zero-order chi connectivity index (χ0) is 23.4. The molecule has 0 atom stereocenters. The van der Waals surface area contributed by atoms with E-state index < -0.39 is 5.91 Å². The minimum atomic E-state index is -0.391. The Bertz CT molecular complexity index is 1170. The Hall–Kier alpha value is -3.43. The molecular formula is C23H23ClN4O5. The van der Waals surface area contributed by atoms with Crippen molar-refractivity contribution in [1.29, 1.82) is 0 Å². The topological polar surface area (TPSA) is 109 Å². The number of hydrogen-bond acceptors (Lipinski definition) is 7. The normalized spacial score (nSPS) is 13.6. The molecule has 0 bridgehead atoms. The van der Waals surface area contributed by atoms with Gasteiger partial charge in [0.15, 0.2) is 0 Å². The fourth-order valence-electron chi connectivity index (χ4n) is 3.57. The second-order valence-electron chi connectivity index (χ2n) is 7.55. The van der Waals surface area contributed by atoms with Gasteiger partial charge in [-0.25, -0.2) is 0 Å². The first kappa shape index (κ1) is 22.8. The van der Waals surface area contributed by atoms with Crippen molar-refractivity contribution in [2.75, 3.05) is 24.7 Å². The van der Waals surface area contributed by atoms with Gasteiger partial charge in [-0.2, -0.15) is 0 Å². The summed E-state index contributed by atoms with van der Waals surface area (Å²) in [7, 11) is 0. The van der Waals surface area contributed by atoms with Crippen LogP contribution in [0, 0.1) is 6.92 Å². The molecule has 0 spiro atoms. The third-order valence-corrected chi connectivity index (χ3v) is 5.48. The SMILES string of the molecule is Cc1nnc(CN2Cc3ccccc3N(C(=O)c3ccc(OCCCO)cc3Cl)CC2=O)o1. The number of carbonyl (C=O) groups is 2. The number of carbonyl (C=O) groups excluding carboxylic acids is 2. The molecule has 2 aromatic carbocycles. The number of nitrogens with zero attached hydrogens (tertiary/aromatic N) is 4. The molecule has 0 aliphatic carbocycles. The van der Waals surface area contributed by atoms with Crippen LogP contribution in [0.1, 0.15) is 34.1 Å². The van der Waals surface area contributed by atoms with E-state index in [-0.39, 0.29) is 36.2 Å². The molecule has 0 fully saturated rings. The van der Waals surface area contributed by atoms with Gasteiger partial charge >= 0.3 is 0 Å². The van der Waals surface area contributed by atoms with E-state index in [1.54, 1.807) is 36.1 Å². The fraction of sp³-hybridized carbons (Fsp3) is 0.304. The number of aliphatic hydroxyl groups excluding tert-OH is 1. The lowest BCUT2D eigenvalue weighted by molar-refractivity contribution is -0.131. The number of para-hydroxylation sites is 1. The summed E-state index contributed by atoms with van der Waals surface area (Å²) >= 11 is 6.40. The molecule has 0 radical (unpaired) electrons. The molecule has 0 unspecified atom stereocenters. The first-order chi connectivity index (χ1) is 16.0. The molecule has 9 nitrogen and oxygen atoms in total. The number of anilines is 1. The van der Waals surface area contributed by atoms with E-state index in [1.807, 2.05) is 18.2 Å². The number of fused-ring (bicyclic) bond motifs is 1. The highest BCUT2D eigenvalue weighted by atomic mass is 35.5. The van der Waals surface area contributed by atoms with Crippen molar-refractivity contribution in [2.45, 2.75) is 26.4 Å². The average Bonchev–Trinajstić information content (AvgIpc) is 3.15. The molecule has 4 rings (SSSR count). The van der Waals surface area contributed by atoms with Crippen LogP contribution in [0.25, 0.3) is 0 Å². The van der Waals surface area contributed by atoms with E-state index in [4.69, 9.17) is 25.9 Å². The summed E-state index contributed by atoms with van der Waals surface area (Å²) in [6.45, 7) is 2.33. The number of amides is 2. The first-order valence-corrected chi connectivity index (χ1v) is 10.8. The smallest absolute Gasteiger partial charge is 0.260 e. The van der Waals surface area contributed by atoms with E-state index in [1.165, 1.54) is 4.90 Å². The summed E-state index contributed by atoms with van der Waals surface area (Å²) < 4.78 is 11.0. The molecule has 0 saturated carbocycles. The molecule has 2 heterocycles. The van der Waals surface area contributed by atoms with Crippen molar-refractivity contribution in [3.8, 4) is 5.75 Å². The molecule has 10 heteroatoms. The lowest BCUT2D eigenvalue weighted by Crippen LogP contribution is -2.40. The summed E-state index contributed by atoms with van der Waals surface area (Å²) in [5, 5.41) is 16.9. The fourth-order valence-corrected chi connectivity index (χ4v) is 3.82. The van der Waals surface area contributed by atoms with Crippen molar-refractivity contribution in [1.82, 2.24) is 15.1 Å². The molecule has 3 aromatic rings. The van der Waals surface area contributed by atoms with Gasteiger partial charge < -0.3 is 19.2 Å². The van der Waals surface area contributed by atoms with Gasteiger partial charge in [0.2, 0.25) is 17.7 Å². The van der Waals surface area contributed by atoms with Gasteiger partial charge in [-0.05, 0) is 29.8 Å². The maximum absolute atomic E-state index is 13.5. The standard InChI is InChI=1S/C23H23ClN4O5/c1-15-25-26-21(33-15)13-27-12-16-5-2-3-6-20(16)28(14-22(27)30)23(31)18-8-7-17(11-19(18)24)32-10-4-9-29/h2-3,5-8,11,29H,4,9-10,12-14H2,1H3. The van der Waals surface area contributed by atoms with Crippen molar-refractivity contribution in [2.24, 2.45) is 0 Å². The highest BCUT2D eigenvalue weighted by molar-refractivity contribution is 6.34. The maximum atomic E-state index is 13.5. The number of aryl methyl sites for hydroxylation is 1. The minimum Gasteiger partial charge on any atom is -0.493 e. The zero-order valence-electron chi connectivity index (χ0n) is 18.0. The second-order valence-corrected chi connectivity index (χ2v) is 7.96. The number of hydrogen-bond donors (Lipinski definition) is 1. The lowest BCUT2D eigenvalue weighted by Gasteiger charge is -2.23. The monoisotopic (exact) mass is 470 g/mol. The van der Waals surface area contributed by atoms with E-state index in [0.29, 0.717) is 42.8 Å². The van der Waals surface area contributed by atoms with Gasteiger partial charge in [0.05, 0.1) is 23.7 Å². The third-order valence-electron chi connectivity index (χ3n) is 5.17.